The van der Waals surface area contributed by atoms with Crippen molar-refractivity contribution < 1.29 is 67.5 Å². The topological polar surface area (TPSA) is 116 Å². The number of esters is 2. The van der Waals surface area contributed by atoms with Crippen molar-refractivity contribution in [1.29, 1.82) is 0 Å². The largest absolute Gasteiger partial charge is 0.468 e. The van der Waals surface area contributed by atoms with Gasteiger partial charge in [0.15, 0.2) is 0 Å². The van der Waals surface area contributed by atoms with E-state index in [2.05, 4.69) is 4.74 Å². The molecule has 0 aromatic carbocycles. The van der Waals surface area contributed by atoms with E-state index in [1.165, 1.54) is 13.8 Å². The lowest BCUT2D eigenvalue weighted by atomic mass is 9.49. The van der Waals surface area contributed by atoms with Crippen LogP contribution in [0.5, 0.6) is 0 Å². The minimum Gasteiger partial charge on any atom is -0.458 e. The van der Waals surface area contributed by atoms with Crippen LogP contribution in [0.25, 0.3) is 0 Å². The zero-order chi connectivity index (χ0) is 29.7. The molecule has 1 atom stereocenters. The summed E-state index contributed by atoms with van der Waals surface area (Å²) in [6, 6.07) is 0. The third-order valence-corrected chi connectivity index (χ3v) is 8.58. The smallest absolute Gasteiger partial charge is 0.458 e. The summed E-state index contributed by atoms with van der Waals surface area (Å²) in [5.41, 5.74) is -1.24. The lowest BCUT2D eigenvalue weighted by Crippen LogP contribution is -2.61. The van der Waals surface area contributed by atoms with Gasteiger partial charge in [-0.05, 0) is 83.0 Å². The van der Waals surface area contributed by atoms with Crippen LogP contribution in [0.1, 0.15) is 71.6 Å². The Morgan fingerprint density at radius 3 is 1.82 bits per heavy atom. The van der Waals surface area contributed by atoms with Crippen LogP contribution in [0.3, 0.4) is 0 Å². The fraction of sp³-hybridized carbons (Fsp3) is 0.913. The van der Waals surface area contributed by atoms with Crippen molar-refractivity contribution in [2.75, 3.05) is 6.61 Å². The normalized spacial score (nSPS) is 28.8. The molecule has 1 unspecified atom stereocenters. The Hall–Kier alpha value is -1.68. The maximum absolute atomic E-state index is 14.4. The van der Waals surface area contributed by atoms with Crippen molar-refractivity contribution in [3.05, 3.63) is 0 Å². The van der Waals surface area contributed by atoms with E-state index in [1.807, 2.05) is 0 Å². The maximum atomic E-state index is 14.4. The SMILES string of the molecule is CC(C)OC(=O)C(OCCCCC(F)(F)C(F)(F)S(=O)(=O)O)(OC(=O)C12CC3CC(CC(C3)C1)C2)C(F)(F)F. The predicted molar refractivity (Wildman–Crippen MR) is 118 cm³/mol. The molecule has 226 valence electrons. The van der Waals surface area contributed by atoms with Crippen molar-refractivity contribution in [2.45, 2.75) is 101 Å². The molecule has 4 aliphatic carbocycles. The molecule has 39 heavy (non-hydrogen) atoms. The van der Waals surface area contributed by atoms with Gasteiger partial charge in [-0.15, -0.1) is 0 Å². The second-order valence-electron chi connectivity index (χ2n) is 11.2. The molecule has 4 saturated carbocycles. The molecule has 4 rings (SSSR count). The van der Waals surface area contributed by atoms with E-state index in [1.54, 1.807) is 0 Å². The maximum Gasteiger partial charge on any atom is 0.468 e. The Kier molecular flexibility index (Phi) is 8.67. The third kappa shape index (κ3) is 6.16. The molecule has 1 N–H and O–H groups in total. The highest BCUT2D eigenvalue weighted by atomic mass is 32.2. The van der Waals surface area contributed by atoms with Crippen LogP contribution >= 0.6 is 0 Å². The van der Waals surface area contributed by atoms with Gasteiger partial charge in [0, 0.05) is 6.42 Å². The lowest BCUT2D eigenvalue weighted by Gasteiger charge is -2.55. The Morgan fingerprint density at radius 2 is 1.41 bits per heavy atom. The van der Waals surface area contributed by atoms with Crippen LogP contribution in [-0.4, -0.2) is 60.8 Å². The fourth-order valence-corrected chi connectivity index (χ4v) is 6.76. The Balaban J connectivity index is 1.77. The molecule has 8 nitrogen and oxygen atoms in total. The molecule has 0 aliphatic heterocycles. The first kappa shape index (κ1) is 31.8. The number of rotatable bonds is 12. The molecule has 0 aromatic rings. The highest BCUT2D eigenvalue weighted by molar-refractivity contribution is 7.87. The van der Waals surface area contributed by atoms with Gasteiger partial charge in [-0.1, -0.05) is 0 Å². The van der Waals surface area contributed by atoms with Crippen molar-refractivity contribution >= 4 is 22.1 Å². The standard InChI is InChI=1S/C23H31F7O8S/c1-13(2)37-18(32)21(22(26,27)28,36-6-4-3-5-20(24,25)23(29,30)39(33,34)35)38-17(31)19-10-14-7-15(11-19)9-16(8-14)12-19/h13-16H,3-12H2,1-2H3,(H,33,34,35). The number of hydrogen-bond acceptors (Lipinski definition) is 7. The number of ether oxygens (including phenoxy) is 3. The average molecular weight is 601 g/mol. The van der Waals surface area contributed by atoms with Crippen LogP contribution in [0.2, 0.25) is 0 Å². The third-order valence-electron chi connectivity index (χ3n) is 7.63. The number of hydrogen-bond donors (Lipinski definition) is 1. The molecule has 0 spiro atoms. The van der Waals surface area contributed by atoms with Crippen LogP contribution in [0, 0.1) is 23.2 Å². The van der Waals surface area contributed by atoms with Crippen LogP contribution in [-0.2, 0) is 33.9 Å². The summed E-state index contributed by atoms with van der Waals surface area (Å²) >= 11 is 0. The summed E-state index contributed by atoms with van der Waals surface area (Å²) in [6.07, 6.45) is -7.00. The Labute approximate surface area is 220 Å². The van der Waals surface area contributed by atoms with Crippen LogP contribution in [0.15, 0.2) is 0 Å². The van der Waals surface area contributed by atoms with Crippen molar-refractivity contribution in [2.24, 2.45) is 23.2 Å². The second kappa shape index (κ2) is 10.6. The second-order valence-corrected chi connectivity index (χ2v) is 12.6. The molecule has 0 saturated heterocycles. The molecular formula is C23H31F7O8S. The van der Waals surface area contributed by atoms with E-state index in [4.69, 9.17) is 14.0 Å². The first-order valence-corrected chi connectivity index (χ1v) is 14.0. The van der Waals surface area contributed by atoms with E-state index in [-0.39, 0.29) is 17.8 Å². The van der Waals surface area contributed by atoms with Gasteiger partial charge in [-0.2, -0.15) is 39.2 Å². The molecule has 0 heterocycles. The van der Waals surface area contributed by atoms with Crippen molar-refractivity contribution in [3.63, 3.8) is 0 Å². The molecule has 4 fully saturated rings. The summed E-state index contributed by atoms with van der Waals surface area (Å²) in [5.74, 6) is -12.5. The number of alkyl halides is 7. The fourth-order valence-electron chi connectivity index (χ4n) is 6.28. The van der Waals surface area contributed by atoms with Gasteiger partial charge in [0.25, 0.3) is 0 Å². The highest BCUT2D eigenvalue weighted by Crippen LogP contribution is 2.61. The van der Waals surface area contributed by atoms with Crippen LogP contribution in [0.4, 0.5) is 30.7 Å². The number of halogens is 7. The minimum atomic E-state index is -6.48. The first-order chi connectivity index (χ1) is 17.7. The quantitative estimate of drug-likeness (QED) is 0.106. The zero-order valence-electron chi connectivity index (χ0n) is 21.2. The average Bonchev–Trinajstić information content (AvgIpc) is 2.74. The minimum absolute atomic E-state index is 0.134. The molecule has 0 aromatic heterocycles. The zero-order valence-corrected chi connectivity index (χ0v) is 22.1. The van der Waals surface area contributed by atoms with Gasteiger partial charge in [-0.3, -0.25) is 9.35 Å². The number of unbranched alkanes of at least 4 members (excludes halogenated alkanes) is 1. The van der Waals surface area contributed by atoms with Gasteiger partial charge < -0.3 is 14.2 Å². The summed E-state index contributed by atoms with van der Waals surface area (Å²) < 4.78 is 141. The van der Waals surface area contributed by atoms with Gasteiger partial charge in [0.2, 0.25) is 0 Å². The Morgan fingerprint density at radius 1 is 0.923 bits per heavy atom. The highest BCUT2D eigenvalue weighted by Gasteiger charge is 2.70. The summed E-state index contributed by atoms with van der Waals surface area (Å²) in [6.45, 7) is 1.29. The molecule has 0 amide bonds. The van der Waals surface area contributed by atoms with Crippen molar-refractivity contribution in [1.82, 2.24) is 0 Å². The van der Waals surface area contributed by atoms with Crippen molar-refractivity contribution in [3.8, 4) is 0 Å². The van der Waals surface area contributed by atoms with Gasteiger partial charge in [0.05, 0.1) is 18.1 Å². The van der Waals surface area contributed by atoms with Gasteiger partial charge in [-0.25, -0.2) is 4.79 Å². The molecule has 0 radical (unpaired) electrons. The van der Waals surface area contributed by atoms with Crippen LogP contribution < -0.4 is 0 Å². The van der Waals surface area contributed by atoms with Gasteiger partial charge >= 0.3 is 45.2 Å². The molecule has 4 aliphatic rings. The van der Waals surface area contributed by atoms with E-state index < -0.39 is 82.6 Å². The van der Waals surface area contributed by atoms with Gasteiger partial charge in [0.1, 0.15) is 0 Å². The van der Waals surface area contributed by atoms with E-state index in [9.17, 15) is 48.7 Å². The summed E-state index contributed by atoms with van der Waals surface area (Å²) in [4.78, 5) is 26.0. The van der Waals surface area contributed by atoms with E-state index in [0.29, 0.717) is 19.3 Å². The number of carbonyl (C=O) groups excluding carboxylic acids is 2. The molecule has 4 bridgehead atoms. The molecule has 16 heteroatoms. The number of carbonyl (C=O) groups is 2. The lowest BCUT2D eigenvalue weighted by molar-refractivity contribution is -0.360. The molecular weight excluding hydrogens is 569 g/mol. The monoisotopic (exact) mass is 600 g/mol. The van der Waals surface area contributed by atoms with E-state index in [0.717, 1.165) is 19.3 Å². The summed E-state index contributed by atoms with van der Waals surface area (Å²) in [7, 11) is -6.48. The Bertz CT molecular complexity index is 1010. The first-order valence-electron chi connectivity index (χ1n) is 12.5. The van der Waals surface area contributed by atoms with E-state index >= 15 is 0 Å². The summed E-state index contributed by atoms with van der Waals surface area (Å²) in [5, 5.41) is -5.84. The predicted octanol–water partition coefficient (Wildman–Crippen LogP) is 5.26.